The third-order valence-corrected chi connectivity index (χ3v) is 5.07. The van der Waals surface area contributed by atoms with Gasteiger partial charge in [0.1, 0.15) is 17.0 Å². The summed E-state index contributed by atoms with van der Waals surface area (Å²) in [6.07, 6.45) is -4.23. The zero-order valence-electron chi connectivity index (χ0n) is 17.8. The fourth-order valence-corrected chi connectivity index (χ4v) is 3.56. The number of hydrogen-bond donors (Lipinski definition) is 1. The summed E-state index contributed by atoms with van der Waals surface area (Å²) >= 11 is 0. The molecule has 0 unspecified atom stereocenters. The molecule has 0 atom stereocenters. The lowest BCUT2D eigenvalue weighted by molar-refractivity contribution is -0.137. The third kappa shape index (κ3) is 4.90. The van der Waals surface area contributed by atoms with E-state index in [-0.39, 0.29) is 45.0 Å². The minimum atomic E-state index is -4.79. The molecule has 0 amide bonds. The SMILES string of the molecule is Nc1c(-c2ccc(OC(F)F)cc2)c(=O)n(-c2ccc(OC(F)F)cc2)c2cc(C(F)(F)F)cnc12. The molecule has 0 aliphatic carbocycles. The first-order valence-corrected chi connectivity index (χ1v) is 9.97. The number of fused-ring (bicyclic) bond motifs is 1. The van der Waals surface area contributed by atoms with E-state index in [0.717, 1.165) is 28.8 Å². The number of anilines is 1. The number of aromatic nitrogens is 2. The summed E-state index contributed by atoms with van der Waals surface area (Å²) in [6, 6.07) is 10.1. The summed E-state index contributed by atoms with van der Waals surface area (Å²) < 4.78 is 99.5. The number of pyridine rings is 2. The summed E-state index contributed by atoms with van der Waals surface area (Å²) in [6.45, 7) is -6.19. The van der Waals surface area contributed by atoms with E-state index in [1.807, 2.05) is 0 Å². The molecule has 0 saturated carbocycles. The molecule has 0 spiro atoms. The standard InChI is InChI=1S/C23H14F7N3O3/c24-21(25)35-14-5-1-11(2-6-14)17-18(31)19-16(9-12(10-32-19)23(28,29)30)33(20(17)34)13-3-7-15(8-4-13)36-22(26)27/h1-10,21-22H,31H2. The van der Waals surface area contributed by atoms with Gasteiger partial charge < -0.3 is 15.2 Å². The topological polar surface area (TPSA) is 79.4 Å². The van der Waals surface area contributed by atoms with Gasteiger partial charge in [-0.25, -0.2) is 0 Å². The Hall–Kier alpha value is -4.29. The van der Waals surface area contributed by atoms with Crippen LogP contribution in [0.2, 0.25) is 0 Å². The van der Waals surface area contributed by atoms with Crippen LogP contribution in [0.15, 0.2) is 65.6 Å². The maximum Gasteiger partial charge on any atom is 0.417 e. The van der Waals surface area contributed by atoms with Gasteiger partial charge in [0, 0.05) is 11.9 Å². The lowest BCUT2D eigenvalue weighted by Gasteiger charge is -2.17. The average molecular weight is 513 g/mol. The molecule has 4 rings (SSSR count). The molecule has 2 aromatic heterocycles. The maximum absolute atomic E-state index is 13.6. The molecule has 6 nitrogen and oxygen atoms in total. The fraction of sp³-hybridized carbons (Fsp3) is 0.130. The van der Waals surface area contributed by atoms with Crippen LogP contribution in [0.25, 0.3) is 27.8 Å². The van der Waals surface area contributed by atoms with Crippen molar-refractivity contribution in [2.75, 3.05) is 5.73 Å². The van der Waals surface area contributed by atoms with Crippen molar-refractivity contribution < 1.29 is 40.2 Å². The first-order valence-electron chi connectivity index (χ1n) is 9.97. The summed E-state index contributed by atoms with van der Waals surface area (Å²) in [7, 11) is 0. The van der Waals surface area contributed by atoms with E-state index in [1.54, 1.807) is 0 Å². The normalized spacial score (nSPS) is 11.9. The van der Waals surface area contributed by atoms with Crippen LogP contribution in [-0.4, -0.2) is 22.8 Å². The Morgan fingerprint density at radius 1 is 0.861 bits per heavy atom. The van der Waals surface area contributed by atoms with Crippen LogP contribution >= 0.6 is 0 Å². The Labute approximate surface area is 197 Å². The molecule has 188 valence electrons. The number of nitrogens with two attached hydrogens (primary N) is 1. The molecule has 4 aromatic rings. The van der Waals surface area contributed by atoms with Gasteiger partial charge in [-0.3, -0.25) is 14.3 Å². The quantitative estimate of drug-likeness (QED) is 0.327. The number of benzene rings is 2. The summed E-state index contributed by atoms with van der Waals surface area (Å²) in [5.74, 6) is -0.443. The molecular formula is C23H14F7N3O3. The highest BCUT2D eigenvalue weighted by atomic mass is 19.4. The number of ether oxygens (including phenoxy) is 2. The van der Waals surface area contributed by atoms with E-state index in [2.05, 4.69) is 14.5 Å². The van der Waals surface area contributed by atoms with Gasteiger partial charge in [-0.15, -0.1) is 0 Å². The Morgan fingerprint density at radius 2 is 1.39 bits per heavy atom. The van der Waals surface area contributed by atoms with Gasteiger partial charge in [-0.05, 0) is 48.0 Å². The molecule has 0 aliphatic rings. The lowest BCUT2D eigenvalue weighted by Crippen LogP contribution is -2.23. The van der Waals surface area contributed by atoms with Crippen LogP contribution in [0.5, 0.6) is 11.5 Å². The van der Waals surface area contributed by atoms with Crippen molar-refractivity contribution in [2.45, 2.75) is 19.4 Å². The van der Waals surface area contributed by atoms with Crippen LogP contribution in [-0.2, 0) is 6.18 Å². The maximum atomic E-state index is 13.6. The van der Waals surface area contributed by atoms with Gasteiger partial charge in [0.25, 0.3) is 5.56 Å². The fourth-order valence-electron chi connectivity index (χ4n) is 3.56. The molecule has 2 heterocycles. The Balaban J connectivity index is 1.98. The molecular weight excluding hydrogens is 499 g/mol. The second kappa shape index (κ2) is 9.40. The number of nitrogens with zero attached hydrogens (tertiary/aromatic N) is 2. The van der Waals surface area contributed by atoms with Gasteiger partial charge >= 0.3 is 19.4 Å². The molecule has 0 aliphatic heterocycles. The van der Waals surface area contributed by atoms with Gasteiger partial charge in [0.15, 0.2) is 0 Å². The highest BCUT2D eigenvalue weighted by Crippen LogP contribution is 2.35. The van der Waals surface area contributed by atoms with Crippen molar-refractivity contribution in [2.24, 2.45) is 0 Å². The first kappa shape index (κ1) is 24.8. The van der Waals surface area contributed by atoms with E-state index in [1.165, 1.54) is 24.3 Å². The average Bonchev–Trinajstić information content (AvgIpc) is 2.80. The molecule has 0 radical (unpaired) electrons. The zero-order chi connectivity index (χ0) is 26.2. The van der Waals surface area contributed by atoms with Crippen molar-refractivity contribution in [1.82, 2.24) is 9.55 Å². The number of hydrogen-bond acceptors (Lipinski definition) is 5. The van der Waals surface area contributed by atoms with E-state index < -0.39 is 30.5 Å². The highest BCUT2D eigenvalue weighted by molar-refractivity contribution is 5.96. The van der Waals surface area contributed by atoms with E-state index in [0.29, 0.717) is 12.3 Å². The molecule has 2 aromatic carbocycles. The van der Waals surface area contributed by atoms with Gasteiger partial charge in [0.2, 0.25) is 0 Å². The smallest absolute Gasteiger partial charge is 0.417 e. The van der Waals surface area contributed by atoms with Crippen molar-refractivity contribution in [3.8, 4) is 28.3 Å². The number of alkyl halides is 7. The molecule has 36 heavy (non-hydrogen) atoms. The van der Waals surface area contributed by atoms with E-state index in [4.69, 9.17) is 5.73 Å². The number of rotatable bonds is 6. The minimum Gasteiger partial charge on any atom is -0.435 e. The summed E-state index contributed by atoms with van der Waals surface area (Å²) in [5, 5.41) is 0. The van der Waals surface area contributed by atoms with Gasteiger partial charge in [-0.2, -0.15) is 30.7 Å². The molecule has 0 fully saturated rings. The van der Waals surface area contributed by atoms with Crippen LogP contribution in [0.4, 0.5) is 36.4 Å². The van der Waals surface area contributed by atoms with Crippen LogP contribution < -0.4 is 20.8 Å². The second-order valence-corrected chi connectivity index (χ2v) is 7.29. The third-order valence-electron chi connectivity index (χ3n) is 5.07. The Bertz CT molecular complexity index is 1450. The van der Waals surface area contributed by atoms with Crippen molar-refractivity contribution in [1.29, 1.82) is 0 Å². The minimum absolute atomic E-state index is 0.00615. The highest BCUT2D eigenvalue weighted by Gasteiger charge is 2.32. The molecule has 2 N–H and O–H groups in total. The summed E-state index contributed by atoms with van der Waals surface area (Å²) in [5.41, 5.74) is 3.40. The molecule has 13 heteroatoms. The predicted octanol–water partition coefficient (Wildman–Crippen LogP) is 5.86. The van der Waals surface area contributed by atoms with Crippen molar-refractivity contribution in [3.63, 3.8) is 0 Å². The largest absolute Gasteiger partial charge is 0.435 e. The Morgan fingerprint density at radius 3 is 1.89 bits per heavy atom. The zero-order valence-corrected chi connectivity index (χ0v) is 17.8. The van der Waals surface area contributed by atoms with Crippen molar-refractivity contribution in [3.05, 3.63) is 76.7 Å². The van der Waals surface area contributed by atoms with Crippen LogP contribution in [0.3, 0.4) is 0 Å². The van der Waals surface area contributed by atoms with Crippen LogP contribution in [0, 0.1) is 0 Å². The number of halogens is 7. The monoisotopic (exact) mass is 513 g/mol. The summed E-state index contributed by atoms with van der Waals surface area (Å²) in [4.78, 5) is 17.4. The first-order chi connectivity index (χ1) is 17.0. The predicted molar refractivity (Wildman–Crippen MR) is 115 cm³/mol. The van der Waals surface area contributed by atoms with Gasteiger partial charge in [0.05, 0.1) is 22.3 Å². The second-order valence-electron chi connectivity index (χ2n) is 7.29. The number of nitrogen functional groups attached to an aromatic ring is 1. The van der Waals surface area contributed by atoms with Gasteiger partial charge in [-0.1, -0.05) is 12.1 Å². The van der Waals surface area contributed by atoms with Crippen LogP contribution in [0.1, 0.15) is 5.56 Å². The van der Waals surface area contributed by atoms with Crippen molar-refractivity contribution >= 4 is 16.7 Å². The van der Waals surface area contributed by atoms with E-state index >= 15 is 0 Å². The molecule has 0 saturated heterocycles. The van der Waals surface area contributed by atoms with E-state index in [9.17, 15) is 35.5 Å². The Kier molecular flexibility index (Phi) is 6.48. The molecule has 0 bridgehead atoms. The lowest BCUT2D eigenvalue weighted by atomic mass is 10.0.